The summed E-state index contributed by atoms with van der Waals surface area (Å²) >= 11 is 13.9. The molecule has 4 rings (SSSR count). The summed E-state index contributed by atoms with van der Waals surface area (Å²) in [6.45, 7) is 0. The average Bonchev–Trinajstić information content (AvgIpc) is 3.06. The zero-order chi connectivity index (χ0) is 19.2. The third-order valence-corrected chi connectivity index (χ3v) is 8.02. The van der Waals surface area contributed by atoms with Crippen LogP contribution >= 0.6 is 35.0 Å². The zero-order valence-electron chi connectivity index (χ0n) is 14.0. The minimum atomic E-state index is -3.13. The Balaban J connectivity index is 1.64. The molecule has 0 amide bonds. The van der Waals surface area contributed by atoms with Crippen molar-refractivity contribution in [2.45, 2.75) is 17.8 Å². The van der Waals surface area contributed by atoms with Gasteiger partial charge in [0.05, 0.1) is 23.6 Å². The predicted molar refractivity (Wildman–Crippen MR) is 110 cm³/mol. The normalized spacial score (nSPS) is 23.4. The van der Waals surface area contributed by atoms with Gasteiger partial charge in [0.15, 0.2) is 15.0 Å². The summed E-state index contributed by atoms with van der Waals surface area (Å²) in [5.74, 6) is 0.227. The summed E-state index contributed by atoms with van der Waals surface area (Å²) in [5.41, 5.74) is 1.52. The van der Waals surface area contributed by atoms with Crippen LogP contribution in [0.4, 0.5) is 10.1 Å². The molecule has 0 N–H and O–H groups in total. The Morgan fingerprint density at radius 2 is 1.78 bits per heavy atom. The second kappa shape index (κ2) is 7.28. The number of thioether (sulfide) groups is 1. The van der Waals surface area contributed by atoms with Gasteiger partial charge in [0, 0.05) is 21.5 Å². The van der Waals surface area contributed by atoms with Gasteiger partial charge in [-0.2, -0.15) is 0 Å². The van der Waals surface area contributed by atoms with E-state index in [4.69, 9.17) is 23.2 Å². The van der Waals surface area contributed by atoms with E-state index in [1.54, 1.807) is 30.3 Å². The average molecular weight is 445 g/mol. The van der Waals surface area contributed by atoms with Crippen LogP contribution in [0, 0.1) is 5.82 Å². The van der Waals surface area contributed by atoms with Gasteiger partial charge < -0.3 is 4.90 Å². The molecule has 0 aromatic heterocycles. The molecule has 142 valence electrons. The van der Waals surface area contributed by atoms with Crippen LogP contribution in [-0.2, 0) is 15.6 Å². The Labute approximate surface area is 171 Å². The number of rotatable bonds is 3. The molecule has 0 bridgehead atoms. The van der Waals surface area contributed by atoms with Crippen molar-refractivity contribution < 1.29 is 12.8 Å². The molecule has 2 aliphatic heterocycles. The smallest absolute Gasteiger partial charge is 0.164 e. The molecule has 0 unspecified atom stereocenters. The maximum absolute atomic E-state index is 13.3. The predicted octanol–water partition coefficient (Wildman–Crippen LogP) is 4.41. The lowest BCUT2D eigenvalue weighted by Crippen LogP contribution is -2.39. The van der Waals surface area contributed by atoms with E-state index in [1.165, 1.54) is 23.9 Å². The van der Waals surface area contributed by atoms with Gasteiger partial charge in [-0.15, -0.1) is 0 Å². The number of fused-ring (bicyclic) bond motifs is 1. The highest BCUT2D eigenvalue weighted by atomic mass is 35.5. The number of amidine groups is 1. The van der Waals surface area contributed by atoms with Crippen LogP contribution in [0.3, 0.4) is 0 Å². The van der Waals surface area contributed by atoms with E-state index in [0.717, 1.165) is 11.3 Å². The number of hydrogen-bond acceptors (Lipinski definition) is 5. The lowest BCUT2D eigenvalue weighted by Gasteiger charge is -2.26. The molecule has 27 heavy (non-hydrogen) atoms. The molecule has 2 atom stereocenters. The van der Waals surface area contributed by atoms with E-state index >= 15 is 0 Å². The van der Waals surface area contributed by atoms with Crippen molar-refractivity contribution in [1.82, 2.24) is 0 Å². The molecule has 0 radical (unpaired) electrons. The number of nitrogens with zero attached hydrogens (tertiary/aromatic N) is 2. The Morgan fingerprint density at radius 1 is 1.11 bits per heavy atom. The maximum Gasteiger partial charge on any atom is 0.164 e. The second-order valence-electron chi connectivity index (χ2n) is 6.46. The summed E-state index contributed by atoms with van der Waals surface area (Å²) in [5, 5.41) is 1.84. The van der Waals surface area contributed by atoms with E-state index < -0.39 is 9.84 Å². The fourth-order valence-electron chi connectivity index (χ4n) is 3.34. The molecule has 2 aromatic rings. The number of halogens is 3. The minimum Gasteiger partial charge on any atom is -0.315 e. The van der Waals surface area contributed by atoms with E-state index in [0.29, 0.717) is 21.0 Å². The van der Waals surface area contributed by atoms with E-state index in [9.17, 15) is 12.8 Å². The first-order chi connectivity index (χ1) is 12.8. The van der Waals surface area contributed by atoms with Gasteiger partial charge in [-0.25, -0.2) is 12.8 Å². The van der Waals surface area contributed by atoms with Crippen LogP contribution < -0.4 is 4.90 Å². The van der Waals surface area contributed by atoms with Crippen molar-refractivity contribution in [2.24, 2.45) is 4.99 Å². The van der Waals surface area contributed by atoms with Crippen molar-refractivity contribution in [2.75, 3.05) is 16.4 Å². The fourth-order valence-corrected chi connectivity index (χ4v) is 7.05. The lowest BCUT2D eigenvalue weighted by atomic mass is 10.1. The summed E-state index contributed by atoms with van der Waals surface area (Å²) in [6.07, 6.45) is 0. The molecule has 0 aliphatic carbocycles. The quantitative estimate of drug-likeness (QED) is 0.703. The highest BCUT2D eigenvalue weighted by Gasteiger charge is 2.47. The van der Waals surface area contributed by atoms with Crippen molar-refractivity contribution in [3.05, 3.63) is 63.9 Å². The van der Waals surface area contributed by atoms with Gasteiger partial charge in [-0.1, -0.05) is 41.0 Å². The monoisotopic (exact) mass is 444 g/mol. The minimum absolute atomic E-state index is 0.0340. The van der Waals surface area contributed by atoms with Crippen LogP contribution in [0.1, 0.15) is 5.56 Å². The molecule has 4 nitrogen and oxygen atoms in total. The van der Waals surface area contributed by atoms with Gasteiger partial charge in [0.1, 0.15) is 5.82 Å². The number of aliphatic imine (C=N–C) groups is 1. The summed E-state index contributed by atoms with van der Waals surface area (Å²) < 4.78 is 37.4. The van der Waals surface area contributed by atoms with Gasteiger partial charge in [-0.3, -0.25) is 4.99 Å². The van der Waals surface area contributed by atoms with Crippen molar-refractivity contribution in [3.63, 3.8) is 0 Å². The van der Waals surface area contributed by atoms with Gasteiger partial charge in [-0.05, 0) is 42.0 Å². The van der Waals surface area contributed by atoms with Crippen molar-refractivity contribution in [1.29, 1.82) is 0 Å². The molecule has 9 heteroatoms. The highest BCUT2D eigenvalue weighted by molar-refractivity contribution is 8.13. The second-order valence-corrected chi connectivity index (χ2v) is 10.4. The Bertz CT molecular complexity index is 992. The highest BCUT2D eigenvalue weighted by Crippen LogP contribution is 2.37. The molecule has 1 saturated heterocycles. The Morgan fingerprint density at radius 3 is 2.44 bits per heavy atom. The van der Waals surface area contributed by atoms with Crippen molar-refractivity contribution in [3.8, 4) is 0 Å². The molecule has 2 heterocycles. The number of hydrogen-bond donors (Lipinski definition) is 0. The van der Waals surface area contributed by atoms with Crippen LogP contribution in [-0.4, -0.2) is 37.2 Å². The maximum atomic E-state index is 13.3. The molecule has 1 fully saturated rings. The van der Waals surface area contributed by atoms with Crippen LogP contribution in [0.15, 0.2) is 47.5 Å². The van der Waals surface area contributed by atoms with Gasteiger partial charge in [0.25, 0.3) is 0 Å². The molecule has 0 saturated carbocycles. The van der Waals surface area contributed by atoms with Crippen LogP contribution in [0.5, 0.6) is 0 Å². The van der Waals surface area contributed by atoms with Gasteiger partial charge in [0.2, 0.25) is 0 Å². The van der Waals surface area contributed by atoms with Crippen molar-refractivity contribution >= 4 is 55.7 Å². The molecular formula is C18H15Cl2FN2O2S2. The van der Waals surface area contributed by atoms with E-state index in [-0.39, 0.29) is 29.4 Å². The first-order valence-corrected chi connectivity index (χ1v) is 11.8. The summed E-state index contributed by atoms with van der Waals surface area (Å²) in [4.78, 5) is 6.54. The number of sulfone groups is 1. The molecule has 2 aromatic carbocycles. The largest absolute Gasteiger partial charge is 0.315 e. The van der Waals surface area contributed by atoms with Crippen LogP contribution in [0.2, 0.25) is 10.0 Å². The molecular weight excluding hydrogens is 430 g/mol. The molecule has 0 spiro atoms. The van der Waals surface area contributed by atoms with Crippen LogP contribution in [0.25, 0.3) is 0 Å². The standard InChI is InChI=1S/C18H15Cl2FN2O2S2/c19-14-2-1-3-15(20)13(14)8-26-18-22-16-9-27(24,25)10-17(16)23(18)12-6-4-11(21)5-7-12/h1-7,16-17H,8-10H2/t16-,17+/m0/s1. The SMILES string of the molecule is O=S1(=O)C[C@@H]2N=C(SCc3c(Cl)cccc3Cl)N(c3ccc(F)cc3)[C@@H]2C1. The summed E-state index contributed by atoms with van der Waals surface area (Å²) in [7, 11) is -3.13. The topological polar surface area (TPSA) is 49.7 Å². The summed E-state index contributed by atoms with van der Waals surface area (Å²) in [6, 6.07) is 10.7. The van der Waals surface area contributed by atoms with E-state index in [2.05, 4.69) is 4.99 Å². The third-order valence-electron chi connectivity index (χ3n) is 4.62. The Hall–Kier alpha value is -1.28. The third kappa shape index (κ3) is 3.83. The van der Waals surface area contributed by atoms with Gasteiger partial charge >= 0.3 is 0 Å². The van der Waals surface area contributed by atoms with E-state index in [1.807, 2.05) is 4.90 Å². The first-order valence-electron chi connectivity index (χ1n) is 8.23. The Kier molecular flexibility index (Phi) is 5.14. The lowest BCUT2D eigenvalue weighted by molar-refractivity contribution is 0.601. The zero-order valence-corrected chi connectivity index (χ0v) is 17.1. The fraction of sp³-hybridized carbons (Fsp3) is 0.278. The number of benzene rings is 2. The first kappa shape index (κ1) is 19.1. The molecule has 2 aliphatic rings. The number of anilines is 1.